The average molecular weight is 606 g/mol. The first kappa shape index (κ1) is 34.8. The molecule has 0 aliphatic carbocycles. The van der Waals surface area contributed by atoms with Crippen LogP contribution in [0.4, 0.5) is 0 Å². The molecule has 0 aromatic heterocycles. The molecule has 0 aliphatic heterocycles. The van der Waals surface area contributed by atoms with E-state index in [-0.39, 0.29) is 66.4 Å². The summed E-state index contributed by atoms with van der Waals surface area (Å²) in [4.78, 5) is 0. The molecule has 0 saturated heterocycles. The second kappa shape index (κ2) is 19.9. The third-order valence-electron chi connectivity index (χ3n) is 3.25. The summed E-state index contributed by atoms with van der Waals surface area (Å²) in [6, 6.07) is 24.0. The van der Waals surface area contributed by atoms with Crippen molar-refractivity contribution in [1.29, 1.82) is 0 Å². The fraction of sp³-hybridized carbons (Fsp3) is 0. The quantitative estimate of drug-likeness (QED) is 0.242. The maximum atomic E-state index is 10.4. The molecule has 0 heterocycles. The first-order valence-corrected chi connectivity index (χ1v) is 10.4. The predicted octanol–water partition coefficient (Wildman–Crippen LogP) is 5.65. The standard InChI is InChI=1S/4C6H5ClO.2Ti/c4*7-5-1-3-6(8)4-2-5;;/h4*1-4,8H;;/q;;;;2*+2/p-4. The van der Waals surface area contributed by atoms with Crippen LogP contribution in [0, 0.1) is 0 Å². The summed E-state index contributed by atoms with van der Waals surface area (Å²) in [7, 11) is 0. The molecule has 0 amide bonds. The van der Waals surface area contributed by atoms with Gasteiger partial charge < -0.3 is 20.4 Å². The summed E-state index contributed by atoms with van der Waals surface area (Å²) in [5.41, 5.74) is 0. The Labute approximate surface area is 248 Å². The molecule has 0 aliphatic rings. The SMILES string of the molecule is [O-]c1ccc(Cl)cc1.[O-]c1ccc(Cl)cc1.[O-]c1ccc(Cl)cc1.[O-]c1ccc(Cl)cc1.[Ti+2].[Ti+2]. The van der Waals surface area contributed by atoms with Crippen molar-refractivity contribution in [2.24, 2.45) is 0 Å². The zero-order chi connectivity index (χ0) is 23.9. The number of hydrogen-bond acceptors (Lipinski definition) is 4. The first-order valence-electron chi connectivity index (χ1n) is 8.86. The van der Waals surface area contributed by atoms with Crippen molar-refractivity contribution in [2.45, 2.75) is 0 Å². The van der Waals surface area contributed by atoms with Crippen molar-refractivity contribution in [3.05, 3.63) is 117 Å². The van der Waals surface area contributed by atoms with Crippen LogP contribution in [0.3, 0.4) is 0 Å². The normalized spacial score (nSPS) is 8.59. The Kier molecular flexibility index (Phi) is 20.4. The van der Waals surface area contributed by atoms with Gasteiger partial charge in [0, 0.05) is 20.1 Å². The van der Waals surface area contributed by atoms with Gasteiger partial charge in [-0.15, -0.1) is 23.0 Å². The van der Waals surface area contributed by atoms with Crippen molar-refractivity contribution in [3.63, 3.8) is 0 Å². The molecule has 0 saturated carbocycles. The fourth-order valence-corrected chi connectivity index (χ4v) is 2.24. The smallest absolute Gasteiger partial charge is 0.872 e. The van der Waals surface area contributed by atoms with Crippen LogP contribution in [0.15, 0.2) is 97.1 Å². The largest absolute Gasteiger partial charge is 2.00 e. The van der Waals surface area contributed by atoms with E-state index in [2.05, 4.69) is 0 Å². The third kappa shape index (κ3) is 18.1. The zero-order valence-electron chi connectivity index (χ0n) is 17.4. The van der Waals surface area contributed by atoms with Gasteiger partial charge in [0.15, 0.2) is 0 Å². The van der Waals surface area contributed by atoms with E-state index in [1.54, 1.807) is 48.5 Å². The van der Waals surface area contributed by atoms with Gasteiger partial charge in [0.1, 0.15) is 0 Å². The van der Waals surface area contributed by atoms with Gasteiger partial charge in [-0.2, -0.15) is 0 Å². The Hall–Kier alpha value is -1.33. The molecule has 0 bridgehead atoms. The van der Waals surface area contributed by atoms with Crippen LogP contribution in [0.5, 0.6) is 23.0 Å². The van der Waals surface area contributed by atoms with E-state index in [0.717, 1.165) is 0 Å². The molecule has 10 heteroatoms. The number of hydrogen-bond donors (Lipinski definition) is 0. The zero-order valence-corrected chi connectivity index (χ0v) is 23.5. The number of rotatable bonds is 0. The fourth-order valence-electron chi connectivity index (χ4n) is 1.74. The first-order chi connectivity index (χ1) is 15.2. The molecular formula is C24H16Cl4O4Ti2. The third-order valence-corrected chi connectivity index (χ3v) is 4.26. The summed E-state index contributed by atoms with van der Waals surface area (Å²) in [6.07, 6.45) is 0. The Morgan fingerprint density at radius 2 is 0.412 bits per heavy atom. The monoisotopic (exact) mass is 604 g/mol. The predicted molar refractivity (Wildman–Crippen MR) is 124 cm³/mol. The van der Waals surface area contributed by atoms with E-state index in [9.17, 15) is 20.4 Å². The van der Waals surface area contributed by atoms with Crippen molar-refractivity contribution >= 4 is 46.4 Å². The molecule has 4 aromatic rings. The maximum absolute atomic E-state index is 10.4. The molecule has 0 spiro atoms. The Bertz CT molecular complexity index is 775. The maximum Gasteiger partial charge on any atom is 2.00 e. The minimum Gasteiger partial charge on any atom is -0.872 e. The molecule has 34 heavy (non-hydrogen) atoms. The molecule has 4 aromatic carbocycles. The van der Waals surface area contributed by atoms with Crippen LogP contribution in [0.1, 0.15) is 0 Å². The number of halogens is 4. The summed E-state index contributed by atoms with van der Waals surface area (Å²) in [5.74, 6) is -0.0207. The van der Waals surface area contributed by atoms with Gasteiger partial charge in [-0.3, -0.25) is 0 Å². The van der Waals surface area contributed by atoms with Gasteiger partial charge in [-0.1, -0.05) is 94.9 Å². The Morgan fingerprint density at radius 1 is 0.294 bits per heavy atom. The molecular weight excluding hydrogens is 590 g/mol. The molecule has 4 nitrogen and oxygen atoms in total. The van der Waals surface area contributed by atoms with Gasteiger partial charge in [0.2, 0.25) is 0 Å². The van der Waals surface area contributed by atoms with E-state index < -0.39 is 0 Å². The van der Waals surface area contributed by atoms with E-state index in [1.807, 2.05) is 0 Å². The second-order valence-corrected chi connectivity index (χ2v) is 7.56. The Morgan fingerprint density at radius 3 is 0.500 bits per heavy atom. The molecule has 0 radical (unpaired) electrons. The van der Waals surface area contributed by atoms with Gasteiger partial charge in [0.05, 0.1) is 0 Å². The Balaban J connectivity index is 0. The minimum atomic E-state index is -0.00519. The van der Waals surface area contributed by atoms with Crippen molar-refractivity contribution in [2.75, 3.05) is 0 Å². The summed E-state index contributed by atoms with van der Waals surface area (Å²) in [5, 5.41) is 43.9. The van der Waals surface area contributed by atoms with Crippen molar-refractivity contribution in [1.82, 2.24) is 0 Å². The molecule has 0 atom stereocenters. The van der Waals surface area contributed by atoms with Crippen LogP contribution in [0.2, 0.25) is 20.1 Å². The van der Waals surface area contributed by atoms with Crippen molar-refractivity contribution in [3.8, 4) is 23.0 Å². The molecule has 0 fully saturated rings. The topological polar surface area (TPSA) is 92.2 Å². The van der Waals surface area contributed by atoms with E-state index >= 15 is 0 Å². The molecule has 4 rings (SSSR count). The summed E-state index contributed by atoms with van der Waals surface area (Å²) < 4.78 is 0. The van der Waals surface area contributed by atoms with Crippen molar-refractivity contribution < 1.29 is 63.9 Å². The molecule has 0 unspecified atom stereocenters. The molecule has 0 N–H and O–H groups in total. The van der Waals surface area contributed by atoms with Gasteiger partial charge in [-0.05, 0) is 48.5 Å². The van der Waals surface area contributed by atoms with E-state index in [4.69, 9.17) is 46.4 Å². The van der Waals surface area contributed by atoms with Crippen LogP contribution >= 0.6 is 46.4 Å². The van der Waals surface area contributed by atoms with Gasteiger partial charge >= 0.3 is 43.4 Å². The summed E-state index contributed by atoms with van der Waals surface area (Å²) >= 11 is 21.9. The summed E-state index contributed by atoms with van der Waals surface area (Å²) in [6.45, 7) is 0. The van der Waals surface area contributed by atoms with Crippen LogP contribution in [0.25, 0.3) is 0 Å². The average Bonchev–Trinajstić information content (AvgIpc) is 2.78. The minimum absolute atomic E-state index is 0. The van der Waals surface area contributed by atoms with Gasteiger partial charge in [-0.25, -0.2) is 0 Å². The van der Waals surface area contributed by atoms with Gasteiger partial charge in [0.25, 0.3) is 0 Å². The van der Waals surface area contributed by atoms with E-state index in [1.165, 1.54) is 48.5 Å². The second-order valence-electron chi connectivity index (χ2n) is 5.82. The van der Waals surface area contributed by atoms with Crippen LogP contribution < -0.4 is 20.4 Å². The van der Waals surface area contributed by atoms with Crippen LogP contribution in [-0.2, 0) is 43.4 Å². The van der Waals surface area contributed by atoms with Crippen LogP contribution in [-0.4, -0.2) is 0 Å². The van der Waals surface area contributed by atoms with E-state index in [0.29, 0.717) is 20.1 Å². The molecule has 172 valence electrons. The number of benzene rings is 4.